The van der Waals surface area contributed by atoms with Gasteiger partial charge in [0.2, 0.25) is 0 Å². The van der Waals surface area contributed by atoms with Gasteiger partial charge in [0, 0.05) is 11.9 Å². The van der Waals surface area contributed by atoms with E-state index >= 15 is 0 Å². The lowest BCUT2D eigenvalue weighted by Crippen LogP contribution is -2.05. The number of hydrogen-bond donors (Lipinski definition) is 1. The van der Waals surface area contributed by atoms with Crippen LogP contribution in [0, 0.1) is 5.92 Å². The van der Waals surface area contributed by atoms with Crippen molar-refractivity contribution in [2.45, 2.75) is 78.1 Å². The van der Waals surface area contributed by atoms with Crippen LogP contribution >= 0.6 is 0 Å². The molecule has 18 heavy (non-hydrogen) atoms. The van der Waals surface area contributed by atoms with E-state index in [1.54, 1.807) is 0 Å². The maximum atomic E-state index is 3.36. The third kappa shape index (κ3) is 6.88. The van der Waals surface area contributed by atoms with Crippen LogP contribution in [0.15, 0.2) is 18.3 Å². The molecule has 0 aliphatic rings. The van der Waals surface area contributed by atoms with Crippen molar-refractivity contribution in [3.63, 3.8) is 0 Å². The summed E-state index contributed by atoms with van der Waals surface area (Å²) in [6.45, 7) is 4.58. The molecule has 0 fully saturated rings. The number of hydrogen-bond acceptors (Lipinski definition) is 0. The standard InChI is InChI=1S/C17H31N/c1-3-5-7-9-12-16(11-8-6-4-2)15-17-13-10-14-18-17/h10,13-14,16,18H,3-9,11-12,15H2,1-2H3. The normalized spacial score (nSPS) is 12.8. The molecule has 0 aliphatic heterocycles. The highest BCUT2D eigenvalue weighted by Gasteiger charge is 2.09. The molecule has 1 heterocycles. The third-order valence-electron chi connectivity index (χ3n) is 3.85. The zero-order valence-electron chi connectivity index (χ0n) is 12.4. The van der Waals surface area contributed by atoms with Crippen molar-refractivity contribution in [1.82, 2.24) is 4.98 Å². The average molecular weight is 249 g/mol. The molecule has 1 N–H and O–H groups in total. The van der Waals surface area contributed by atoms with Crippen LogP contribution in [0.5, 0.6) is 0 Å². The van der Waals surface area contributed by atoms with Crippen LogP contribution in [0.3, 0.4) is 0 Å². The van der Waals surface area contributed by atoms with E-state index in [4.69, 9.17) is 0 Å². The summed E-state index contributed by atoms with van der Waals surface area (Å²) in [5.74, 6) is 0.895. The number of aromatic amines is 1. The van der Waals surface area contributed by atoms with Crippen molar-refractivity contribution in [1.29, 1.82) is 0 Å². The average Bonchev–Trinajstić information content (AvgIpc) is 2.87. The molecule has 0 aliphatic carbocycles. The zero-order chi connectivity index (χ0) is 13.1. The summed E-state index contributed by atoms with van der Waals surface area (Å²) >= 11 is 0. The molecule has 0 spiro atoms. The monoisotopic (exact) mass is 249 g/mol. The van der Waals surface area contributed by atoms with Gasteiger partial charge in [-0.25, -0.2) is 0 Å². The number of aromatic nitrogens is 1. The molecule has 1 atom stereocenters. The molecule has 1 nitrogen and oxygen atoms in total. The minimum atomic E-state index is 0.895. The van der Waals surface area contributed by atoms with E-state index in [9.17, 15) is 0 Å². The summed E-state index contributed by atoms with van der Waals surface area (Å²) in [5, 5.41) is 0. The first-order valence-corrected chi connectivity index (χ1v) is 7.99. The van der Waals surface area contributed by atoms with Crippen molar-refractivity contribution < 1.29 is 0 Å². The Kier molecular flexibility index (Phi) is 8.71. The fraction of sp³-hybridized carbons (Fsp3) is 0.765. The first-order valence-electron chi connectivity index (χ1n) is 7.99. The molecule has 104 valence electrons. The zero-order valence-corrected chi connectivity index (χ0v) is 12.4. The summed E-state index contributed by atoms with van der Waals surface area (Å²) in [7, 11) is 0. The maximum absolute atomic E-state index is 3.36. The number of unbranched alkanes of at least 4 members (excludes halogenated alkanes) is 5. The number of rotatable bonds is 11. The van der Waals surface area contributed by atoms with Gasteiger partial charge in [-0.2, -0.15) is 0 Å². The van der Waals surface area contributed by atoms with Gasteiger partial charge >= 0.3 is 0 Å². The Morgan fingerprint density at radius 2 is 1.61 bits per heavy atom. The molecule has 0 bridgehead atoms. The van der Waals surface area contributed by atoms with E-state index in [-0.39, 0.29) is 0 Å². The highest BCUT2D eigenvalue weighted by molar-refractivity contribution is 5.04. The smallest absolute Gasteiger partial charge is 0.0149 e. The molecule has 1 aromatic heterocycles. The Labute approximate surface area is 113 Å². The van der Waals surface area contributed by atoms with Gasteiger partial charge in [-0.05, 0) is 24.5 Å². The molecule has 0 saturated heterocycles. The Morgan fingerprint density at radius 1 is 0.944 bits per heavy atom. The van der Waals surface area contributed by atoms with Crippen molar-refractivity contribution in [2.24, 2.45) is 5.92 Å². The summed E-state index contributed by atoms with van der Waals surface area (Å²) in [5.41, 5.74) is 1.42. The van der Waals surface area contributed by atoms with Gasteiger partial charge in [0.15, 0.2) is 0 Å². The minimum absolute atomic E-state index is 0.895. The second-order valence-electron chi connectivity index (χ2n) is 5.61. The molecule has 0 amide bonds. The molecular formula is C17H31N. The van der Waals surface area contributed by atoms with E-state index in [0.717, 1.165) is 5.92 Å². The Bertz CT molecular complexity index is 263. The van der Waals surface area contributed by atoms with E-state index < -0.39 is 0 Å². The third-order valence-corrected chi connectivity index (χ3v) is 3.85. The largest absolute Gasteiger partial charge is 0.365 e. The van der Waals surface area contributed by atoms with Crippen LogP contribution in [-0.4, -0.2) is 4.98 Å². The van der Waals surface area contributed by atoms with Gasteiger partial charge in [-0.15, -0.1) is 0 Å². The molecule has 1 unspecified atom stereocenters. The Balaban J connectivity index is 2.27. The summed E-state index contributed by atoms with van der Waals surface area (Å²) in [6, 6.07) is 4.36. The van der Waals surface area contributed by atoms with Crippen molar-refractivity contribution >= 4 is 0 Å². The first kappa shape index (κ1) is 15.3. The second-order valence-corrected chi connectivity index (χ2v) is 5.61. The van der Waals surface area contributed by atoms with Gasteiger partial charge in [0.05, 0.1) is 0 Å². The summed E-state index contributed by atoms with van der Waals surface area (Å²) < 4.78 is 0. The van der Waals surface area contributed by atoms with Crippen LogP contribution in [-0.2, 0) is 6.42 Å². The van der Waals surface area contributed by atoms with E-state index in [1.807, 2.05) is 0 Å². The van der Waals surface area contributed by atoms with E-state index in [1.165, 1.54) is 69.9 Å². The fourth-order valence-corrected chi connectivity index (χ4v) is 2.70. The lowest BCUT2D eigenvalue weighted by Gasteiger charge is -2.16. The van der Waals surface area contributed by atoms with Crippen molar-refractivity contribution in [2.75, 3.05) is 0 Å². The second kappa shape index (κ2) is 10.2. The van der Waals surface area contributed by atoms with Crippen LogP contribution in [0.4, 0.5) is 0 Å². The lowest BCUT2D eigenvalue weighted by molar-refractivity contribution is 0.403. The van der Waals surface area contributed by atoms with Gasteiger partial charge in [-0.3, -0.25) is 0 Å². The Hall–Kier alpha value is -0.720. The maximum Gasteiger partial charge on any atom is 0.0149 e. The summed E-state index contributed by atoms with van der Waals surface area (Å²) in [4.78, 5) is 3.36. The first-order chi connectivity index (χ1) is 8.86. The molecule has 1 rings (SSSR count). The van der Waals surface area contributed by atoms with Crippen molar-refractivity contribution in [3.05, 3.63) is 24.0 Å². The highest BCUT2D eigenvalue weighted by Crippen LogP contribution is 2.21. The molecule has 1 aromatic rings. The predicted octanol–water partition coefficient (Wildman–Crippen LogP) is 5.72. The van der Waals surface area contributed by atoms with Crippen LogP contribution in [0.1, 0.15) is 77.3 Å². The molecule has 1 heteroatoms. The number of H-pyrrole nitrogens is 1. The highest BCUT2D eigenvalue weighted by atomic mass is 14.7. The topological polar surface area (TPSA) is 15.8 Å². The number of nitrogens with one attached hydrogen (secondary N) is 1. The summed E-state index contributed by atoms with van der Waals surface area (Å²) in [6.07, 6.45) is 15.9. The minimum Gasteiger partial charge on any atom is -0.365 e. The van der Waals surface area contributed by atoms with E-state index in [0.29, 0.717) is 0 Å². The van der Waals surface area contributed by atoms with Gasteiger partial charge in [0.25, 0.3) is 0 Å². The quantitative estimate of drug-likeness (QED) is 0.482. The molecule has 0 aromatic carbocycles. The van der Waals surface area contributed by atoms with Gasteiger partial charge in [-0.1, -0.05) is 71.6 Å². The predicted molar refractivity (Wildman–Crippen MR) is 80.9 cm³/mol. The van der Waals surface area contributed by atoms with Gasteiger partial charge in [0.1, 0.15) is 0 Å². The molecular weight excluding hydrogens is 218 g/mol. The van der Waals surface area contributed by atoms with Crippen LogP contribution in [0.2, 0.25) is 0 Å². The SMILES string of the molecule is CCCCCCC(CCCCC)Cc1ccc[nH]1. The van der Waals surface area contributed by atoms with E-state index in [2.05, 4.69) is 37.2 Å². The fourth-order valence-electron chi connectivity index (χ4n) is 2.70. The lowest BCUT2D eigenvalue weighted by atomic mass is 9.91. The molecule has 0 radical (unpaired) electrons. The molecule has 0 saturated carbocycles. The Morgan fingerprint density at radius 3 is 2.22 bits per heavy atom. The van der Waals surface area contributed by atoms with Crippen molar-refractivity contribution in [3.8, 4) is 0 Å². The van der Waals surface area contributed by atoms with Crippen LogP contribution < -0.4 is 0 Å². The van der Waals surface area contributed by atoms with Crippen LogP contribution in [0.25, 0.3) is 0 Å². The van der Waals surface area contributed by atoms with Gasteiger partial charge < -0.3 is 4.98 Å².